The van der Waals surface area contributed by atoms with Crippen LogP contribution in [0.2, 0.25) is 0 Å². The lowest BCUT2D eigenvalue weighted by atomic mass is 10.2. The van der Waals surface area contributed by atoms with E-state index >= 15 is 0 Å². The van der Waals surface area contributed by atoms with E-state index in [2.05, 4.69) is 6.92 Å². The zero-order valence-electron chi connectivity index (χ0n) is 8.51. The van der Waals surface area contributed by atoms with Gasteiger partial charge in [-0.1, -0.05) is 19.4 Å². The topological polar surface area (TPSA) is 52.3 Å². The Morgan fingerprint density at radius 1 is 1.54 bits per heavy atom. The molecule has 0 unspecified atom stereocenters. The van der Waals surface area contributed by atoms with Gasteiger partial charge in [-0.15, -0.1) is 0 Å². The lowest BCUT2D eigenvalue weighted by molar-refractivity contribution is -0.139. The minimum Gasteiger partial charge on any atom is -0.462 e. The van der Waals surface area contributed by atoms with Gasteiger partial charge in [0.15, 0.2) is 0 Å². The van der Waals surface area contributed by atoms with Crippen molar-refractivity contribution < 1.29 is 9.53 Å². The van der Waals surface area contributed by atoms with Gasteiger partial charge in [0.2, 0.25) is 0 Å². The van der Waals surface area contributed by atoms with Crippen LogP contribution in [-0.2, 0) is 9.53 Å². The van der Waals surface area contributed by atoms with Gasteiger partial charge in [-0.05, 0) is 26.3 Å². The third-order valence-electron chi connectivity index (χ3n) is 1.67. The fourth-order valence-corrected chi connectivity index (χ4v) is 0.806. The predicted molar refractivity (Wildman–Crippen MR) is 53.3 cm³/mol. The number of carbonyl (C=O) groups is 1. The second-order valence-corrected chi connectivity index (χ2v) is 2.95. The van der Waals surface area contributed by atoms with Crippen molar-refractivity contribution >= 4 is 5.97 Å². The molecule has 0 amide bonds. The zero-order valence-corrected chi connectivity index (χ0v) is 8.51. The largest absolute Gasteiger partial charge is 0.462 e. The average Bonchev–Trinajstić information content (AvgIpc) is 2.14. The van der Waals surface area contributed by atoms with E-state index in [4.69, 9.17) is 10.5 Å². The third kappa shape index (κ3) is 6.34. The van der Waals surface area contributed by atoms with E-state index < -0.39 is 0 Å². The van der Waals surface area contributed by atoms with Crippen molar-refractivity contribution in [2.75, 3.05) is 13.2 Å². The van der Waals surface area contributed by atoms with E-state index in [-0.39, 0.29) is 5.97 Å². The highest BCUT2D eigenvalue weighted by Gasteiger charge is 2.03. The Bertz CT molecular complexity index is 176. The van der Waals surface area contributed by atoms with E-state index in [9.17, 15) is 4.79 Å². The van der Waals surface area contributed by atoms with Crippen LogP contribution in [0.25, 0.3) is 0 Å². The van der Waals surface area contributed by atoms with Crippen molar-refractivity contribution in [1.82, 2.24) is 0 Å². The first kappa shape index (κ1) is 12.2. The number of ether oxygens (including phenoxy) is 1. The smallest absolute Gasteiger partial charge is 0.333 e. The number of hydrogen-bond acceptors (Lipinski definition) is 3. The maximum atomic E-state index is 11.2. The van der Waals surface area contributed by atoms with Gasteiger partial charge in [0.05, 0.1) is 6.61 Å². The van der Waals surface area contributed by atoms with Crippen LogP contribution in [0, 0.1) is 0 Å². The van der Waals surface area contributed by atoms with E-state index in [0.29, 0.717) is 18.7 Å². The molecule has 3 heteroatoms. The Labute approximate surface area is 79.9 Å². The summed E-state index contributed by atoms with van der Waals surface area (Å²) in [6.07, 6.45) is 4.51. The van der Waals surface area contributed by atoms with Crippen molar-refractivity contribution in [2.45, 2.75) is 33.1 Å². The van der Waals surface area contributed by atoms with Gasteiger partial charge in [0.1, 0.15) is 0 Å². The summed E-state index contributed by atoms with van der Waals surface area (Å²) in [6.45, 7) is 4.90. The van der Waals surface area contributed by atoms with Crippen molar-refractivity contribution in [3.8, 4) is 0 Å². The molecule has 13 heavy (non-hydrogen) atoms. The van der Waals surface area contributed by atoms with Crippen molar-refractivity contribution in [3.63, 3.8) is 0 Å². The highest BCUT2D eigenvalue weighted by molar-refractivity contribution is 5.87. The van der Waals surface area contributed by atoms with E-state index in [0.717, 1.165) is 19.3 Å². The maximum Gasteiger partial charge on any atom is 0.333 e. The molecule has 0 heterocycles. The first-order chi connectivity index (χ1) is 6.22. The number of nitrogens with two attached hydrogens (primary N) is 1. The zero-order chi connectivity index (χ0) is 10.1. The molecule has 0 aromatic carbocycles. The molecule has 0 aliphatic rings. The van der Waals surface area contributed by atoms with Crippen molar-refractivity contribution in [1.29, 1.82) is 0 Å². The molecule has 0 saturated carbocycles. The molecule has 0 radical (unpaired) electrons. The van der Waals surface area contributed by atoms with Gasteiger partial charge in [0.25, 0.3) is 0 Å². The molecule has 0 aromatic rings. The minimum absolute atomic E-state index is 0.220. The van der Waals surface area contributed by atoms with Gasteiger partial charge in [-0.25, -0.2) is 4.79 Å². The molecular formula is C10H19NO2. The molecule has 0 aliphatic heterocycles. The lowest BCUT2D eigenvalue weighted by Crippen LogP contribution is -2.07. The predicted octanol–water partition coefficient (Wildman–Crippen LogP) is 1.62. The fourth-order valence-electron chi connectivity index (χ4n) is 0.806. The Hall–Kier alpha value is -0.830. The molecule has 3 nitrogen and oxygen atoms in total. The maximum absolute atomic E-state index is 11.2. The van der Waals surface area contributed by atoms with Crippen LogP contribution in [-0.4, -0.2) is 19.1 Å². The Kier molecular flexibility index (Phi) is 7.30. The van der Waals surface area contributed by atoms with Crippen LogP contribution in [0.5, 0.6) is 0 Å². The van der Waals surface area contributed by atoms with E-state index in [1.165, 1.54) is 0 Å². The summed E-state index contributed by atoms with van der Waals surface area (Å²) in [5.74, 6) is -0.220. The highest BCUT2D eigenvalue weighted by Crippen LogP contribution is 1.99. The van der Waals surface area contributed by atoms with Crippen LogP contribution in [0.4, 0.5) is 0 Å². The second-order valence-electron chi connectivity index (χ2n) is 2.95. The molecular weight excluding hydrogens is 166 g/mol. The fraction of sp³-hybridized carbons (Fsp3) is 0.700. The van der Waals surface area contributed by atoms with E-state index in [1.807, 2.05) is 6.08 Å². The molecule has 0 rings (SSSR count). The summed E-state index contributed by atoms with van der Waals surface area (Å²) in [5, 5.41) is 0. The molecule has 0 aromatic heterocycles. The van der Waals surface area contributed by atoms with Gasteiger partial charge >= 0.3 is 5.97 Å². The van der Waals surface area contributed by atoms with Gasteiger partial charge in [-0.2, -0.15) is 0 Å². The van der Waals surface area contributed by atoms with Crippen LogP contribution in [0.15, 0.2) is 11.6 Å². The molecule has 0 atom stereocenters. The first-order valence-electron chi connectivity index (χ1n) is 4.76. The molecule has 0 aliphatic carbocycles. The SMILES string of the molecule is CCCCOC(=O)C(C)=CCCN. The average molecular weight is 185 g/mol. The number of hydrogen-bond donors (Lipinski definition) is 1. The van der Waals surface area contributed by atoms with Crippen LogP contribution in [0.1, 0.15) is 33.1 Å². The van der Waals surface area contributed by atoms with Gasteiger partial charge < -0.3 is 10.5 Å². The molecule has 0 spiro atoms. The third-order valence-corrected chi connectivity index (χ3v) is 1.67. The van der Waals surface area contributed by atoms with Gasteiger partial charge in [0, 0.05) is 5.57 Å². The number of carbonyl (C=O) groups excluding carboxylic acids is 1. The van der Waals surface area contributed by atoms with Crippen molar-refractivity contribution in [3.05, 3.63) is 11.6 Å². The van der Waals surface area contributed by atoms with Crippen LogP contribution in [0.3, 0.4) is 0 Å². The molecule has 0 saturated heterocycles. The summed E-state index contributed by atoms with van der Waals surface area (Å²) in [5.41, 5.74) is 5.96. The highest BCUT2D eigenvalue weighted by atomic mass is 16.5. The standard InChI is InChI=1S/C10H19NO2/c1-3-4-8-13-10(12)9(2)6-5-7-11/h6H,3-5,7-8,11H2,1-2H3. The van der Waals surface area contributed by atoms with Crippen LogP contribution >= 0.6 is 0 Å². The number of unbranched alkanes of at least 4 members (excludes halogenated alkanes) is 1. The molecule has 2 N–H and O–H groups in total. The number of esters is 1. The summed E-state index contributed by atoms with van der Waals surface area (Å²) in [7, 11) is 0. The summed E-state index contributed by atoms with van der Waals surface area (Å²) in [4.78, 5) is 11.2. The first-order valence-corrected chi connectivity index (χ1v) is 4.76. The monoisotopic (exact) mass is 185 g/mol. The Morgan fingerprint density at radius 3 is 2.77 bits per heavy atom. The quantitative estimate of drug-likeness (QED) is 0.388. The minimum atomic E-state index is -0.220. The van der Waals surface area contributed by atoms with Crippen molar-refractivity contribution in [2.24, 2.45) is 5.73 Å². The second kappa shape index (κ2) is 7.80. The Balaban J connectivity index is 3.69. The van der Waals surface area contributed by atoms with Crippen LogP contribution < -0.4 is 5.73 Å². The van der Waals surface area contributed by atoms with E-state index in [1.54, 1.807) is 6.92 Å². The molecule has 0 bridgehead atoms. The molecule has 76 valence electrons. The normalized spacial score (nSPS) is 11.5. The van der Waals surface area contributed by atoms with Gasteiger partial charge in [-0.3, -0.25) is 0 Å². The number of rotatable bonds is 6. The summed E-state index contributed by atoms with van der Waals surface area (Å²) < 4.78 is 4.99. The lowest BCUT2D eigenvalue weighted by Gasteiger charge is -2.03. The summed E-state index contributed by atoms with van der Waals surface area (Å²) >= 11 is 0. The summed E-state index contributed by atoms with van der Waals surface area (Å²) in [6, 6.07) is 0. The Morgan fingerprint density at radius 2 is 2.23 bits per heavy atom. The molecule has 0 fully saturated rings.